The van der Waals surface area contributed by atoms with Crippen LogP contribution in [0.5, 0.6) is 5.75 Å². The first-order valence-electron chi connectivity index (χ1n) is 12.0. The number of alkyl halides is 3. The zero-order chi connectivity index (χ0) is 23.1. The van der Waals surface area contributed by atoms with Crippen LogP contribution in [0.2, 0.25) is 0 Å². The molecule has 4 atom stereocenters. The Labute approximate surface area is 188 Å². The molecule has 3 rings (SSSR count). The summed E-state index contributed by atoms with van der Waals surface area (Å²) in [6, 6.07) is 5.71. The van der Waals surface area contributed by atoms with Crippen LogP contribution in [0.1, 0.15) is 69.4 Å². The summed E-state index contributed by atoms with van der Waals surface area (Å²) in [7, 11) is 0. The van der Waals surface area contributed by atoms with Crippen molar-refractivity contribution in [1.82, 2.24) is 5.32 Å². The SMILES string of the molecule is CCCCCCCCC1C2Cc3cccc(OCC(=O)NCC(F)(F)F)c3CC2C[C@H]1O. The number of hydrogen-bond acceptors (Lipinski definition) is 3. The lowest BCUT2D eigenvalue weighted by atomic mass is 9.73. The largest absolute Gasteiger partial charge is 0.483 e. The lowest BCUT2D eigenvalue weighted by molar-refractivity contribution is -0.139. The third-order valence-corrected chi connectivity index (χ3v) is 7.08. The molecular formula is C25H36F3NO3. The number of nitrogens with one attached hydrogen (secondary N) is 1. The average Bonchev–Trinajstić information content (AvgIpc) is 3.05. The number of ether oxygens (including phenoxy) is 1. The first-order valence-corrected chi connectivity index (χ1v) is 12.0. The van der Waals surface area contributed by atoms with Gasteiger partial charge in [-0.15, -0.1) is 0 Å². The fourth-order valence-corrected chi connectivity index (χ4v) is 5.49. The number of benzene rings is 1. The van der Waals surface area contributed by atoms with Crippen molar-refractivity contribution < 1.29 is 27.8 Å². The Hall–Kier alpha value is -1.76. The molecule has 0 bridgehead atoms. The highest BCUT2D eigenvalue weighted by Gasteiger charge is 2.44. The van der Waals surface area contributed by atoms with Gasteiger partial charge in [-0.25, -0.2) is 0 Å². The number of carbonyl (C=O) groups excluding carboxylic acids is 1. The zero-order valence-electron chi connectivity index (χ0n) is 18.9. The van der Waals surface area contributed by atoms with Crippen molar-refractivity contribution in [3.05, 3.63) is 29.3 Å². The van der Waals surface area contributed by atoms with Crippen LogP contribution in [-0.4, -0.2) is 36.4 Å². The molecule has 4 nitrogen and oxygen atoms in total. The molecule has 0 spiro atoms. The lowest BCUT2D eigenvalue weighted by Gasteiger charge is -2.32. The fraction of sp³-hybridized carbons (Fsp3) is 0.720. The van der Waals surface area contributed by atoms with Gasteiger partial charge in [-0.2, -0.15) is 13.2 Å². The highest BCUT2D eigenvalue weighted by Crippen LogP contribution is 2.48. The van der Waals surface area contributed by atoms with Crippen LogP contribution in [0, 0.1) is 17.8 Å². The molecule has 1 fully saturated rings. The maximum atomic E-state index is 12.3. The minimum atomic E-state index is -4.44. The van der Waals surface area contributed by atoms with E-state index in [0.29, 0.717) is 23.5 Å². The van der Waals surface area contributed by atoms with Gasteiger partial charge < -0.3 is 15.2 Å². The smallest absolute Gasteiger partial charge is 0.405 e. The number of carbonyl (C=O) groups is 1. The summed E-state index contributed by atoms with van der Waals surface area (Å²) < 4.78 is 42.4. The van der Waals surface area contributed by atoms with Crippen LogP contribution in [0.4, 0.5) is 13.2 Å². The molecule has 1 saturated carbocycles. The molecule has 0 saturated heterocycles. The van der Waals surface area contributed by atoms with E-state index in [2.05, 4.69) is 13.0 Å². The minimum Gasteiger partial charge on any atom is -0.483 e. The molecule has 2 aliphatic carbocycles. The van der Waals surface area contributed by atoms with Crippen molar-refractivity contribution in [2.75, 3.05) is 13.2 Å². The Balaban J connectivity index is 1.55. The number of amides is 1. The van der Waals surface area contributed by atoms with Gasteiger partial charge in [0.1, 0.15) is 12.3 Å². The van der Waals surface area contributed by atoms with Gasteiger partial charge in [0.05, 0.1) is 6.10 Å². The molecular weight excluding hydrogens is 419 g/mol. The van der Waals surface area contributed by atoms with Crippen molar-refractivity contribution in [3.8, 4) is 5.75 Å². The van der Waals surface area contributed by atoms with Gasteiger partial charge in [0.25, 0.3) is 5.91 Å². The third kappa shape index (κ3) is 6.87. The monoisotopic (exact) mass is 455 g/mol. The summed E-state index contributed by atoms with van der Waals surface area (Å²) in [5, 5.41) is 12.6. The van der Waals surface area contributed by atoms with E-state index in [1.54, 1.807) is 6.07 Å². The van der Waals surface area contributed by atoms with Gasteiger partial charge >= 0.3 is 6.18 Å². The molecule has 32 heavy (non-hydrogen) atoms. The lowest BCUT2D eigenvalue weighted by Crippen LogP contribution is -2.36. The van der Waals surface area contributed by atoms with Crippen LogP contribution in [-0.2, 0) is 17.6 Å². The molecule has 180 valence electrons. The predicted molar refractivity (Wildman–Crippen MR) is 117 cm³/mol. The van der Waals surface area contributed by atoms with Crippen LogP contribution >= 0.6 is 0 Å². The summed E-state index contributed by atoms with van der Waals surface area (Å²) in [4.78, 5) is 11.7. The summed E-state index contributed by atoms with van der Waals surface area (Å²) in [5.74, 6) is 0.947. The fourth-order valence-electron chi connectivity index (χ4n) is 5.49. The predicted octanol–water partition coefficient (Wildman–Crippen LogP) is 5.21. The van der Waals surface area contributed by atoms with Crippen molar-refractivity contribution in [2.45, 2.75) is 83.4 Å². The number of hydrogen-bond donors (Lipinski definition) is 2. The van der Waals surface area contributed by atoms with Gasteiger partial charge in [0.15, 0.2) is 6.61 Å². The Morgan fingerprint density at radius 2 is 1.91 bits per heavy atom. The van der Waals surface area contributed by atoms with E-state index in [9.17, 15) is 23.1 Å². The van der Waals surface area contributed by atoms with E-state index in [-0.39, 0.29) is 6.10 Å². The van der Waals surface area contributed by atoms with Crippen molar-refractivity contribution in [1.29, 1.82) is 0 Å². The molecule has 0 heterocycles. The van der Waals surface area contributed by atoms with Crippen molar-refractivity contribution in [2.24, 2.45) is 17.8 Å². The molecule has 1 aromatic carbocycles. The van der Waals surface area contributed by atoms with Crippen molar-refractivity contribution in [3.63, 3.8) is 0 Å². The standard InChI is InChI=1S/C25H36F3NO3/c1-2-3-4-5-6-7-10-19-20-12-17-9-8-11-23(21(17)13-18(20)14-22(19)30)32-15-24(31)29-16-25(26,27)28/h8-9,11,18-20,22,30H,2-7,10,12-16H2,1H3,(H,29,31)/t18?,19?,20?,22-/m1/s1. The second-order valence-corrected chi connectivity index (χ2v) is 9.43. The second-order valence-electron chi connectivity index (χ2n) is 9.43. The van der Waals surface area contributed by atoms with E-state index in [4.69, 9.17) is 4.74 Å². The number of aliphatic hydroxyl groups excluding tert-OH is 1. The minimum absolute atomic E-state index is 0.271. The van der Waals surface area contributed by atoms with Gasteiger partial charge in [-0.3, -0.25) is 4.79 Å². The quantitative estimate of drug-likeness (QED) is 0.451. The normalized spacial score (nSPS) is 24.7. The Bertz CT molecular complexity index is 752. The van der Waals surface area contributed by atoms with Gasteiger partial charge in [0, 0.05) is 0 Å². The number of aliphatic hydroxyl groups is 1. The van der Waals surface area contributed by atoms with Crippen LogP contribution < -0.4 is 10.1 Å². The first-order chi connectivity index (χ1) is 15.3. The van der Waals surface area contributed by atoms with Crippen molar-refractivity contribution >= 4 is 5.91 Å². The van der Waals surface area contributed by atoms with E-state index in [0.717, 1.165) is 37.7 Å². The van der Waals surface area contributed by atoms with Crippen LogP contribution in [0.25, 0.3) is 0 Å². The van der Waals surface area contributed by atoms with E-state index >= 15 is 0 Å². The molecule has 2 aliphatic rings. The molecule has 2 N–H and O–H groups in total. The molecule has 7 heteroatoms. The first kappa shape index (κ1) is 24.9. The third-order valence-electron chi connectivity index (χ3n) is 7.08. The van der Waals surface area contributed by atoms with E-state index in [1.807, 2.05) is 11.4 Å². The molecule has 1 amide bonds. The summed E-state index contributed by atoms with van der Waals surface area (Å²) >= 11 is 0. The second kappa shape index (κ2) is 11.4. The molecule has 0 aliphatic heterocycles. The molecule has 1 aromatic rings. The molecule has 0 radical (unpaired) electrons. The summed E-state index contributed by atoms with van der Waals surface area (Å²) in [6.07, 6.45) is 6.30. The molecule has 0 aromatic heterocycles. The van der Waals surface area contributed by atoms with Crippen LogP contribution in [0.3, 0.4) is 0 Å². The highest BCUT2D eigenvalue weighted by atomic mass is 19.4. The number of halogens is 3. The summed E-state index contributed by atoms with van der Waals surface area (Å²) in [6.45, 7) is 0.419. The average molecular weight is 456 g/mol. The number of unbranched alkanes of at least 4 members (excludes halogenated alkanes) is 5. The maximum absolute atomic E-state index is 12.3. The van der Waals surface area contributed by atoms with E-state index in [1.165, 1.54) is 37.7 Å². The van der Waals surface area contributed by atoms with Gasteiger partial charge in [-0.05, 0) is 60.6 Å². The van der Waals surface area contributed by atoms with E-state index < -0.39 is 25.2 Å². The summed E-state index contributed by atoms with van der Waals surface area (Å²) in [5.41, 5.74) is 2.20. The van der Waals surface area contributed by atoms with Crippen LogP contribution in [0.15, 0.2) is 18.2 Å². The number of rotatable bonds is 11. The highest BCUT2D eigenvalue weighted by molar-refractivity contribution is 5.77. The number of fused-ring (bicyclic) bond motifs is 2. The topological polar surface area (TPSA) is 58.6 Å². The molecule has 3 unspecified atom stereocenters. The van der Waals surface area contributed by atoms with Gasteiger partial charge in [-0.1, -0.05) is 57.6 Å². The zero-order valence-corrected chi connectivity index (χ0v) is 18.9. The van der Waals surface area contributed by atoms with Gasteiger partial charge in [0.2, 0.25) is 0 Å². The Morgan fingerprint density at radius 3 is 2.66 bits per heavy atom. The Kier molecular flexibility index (Phi) is 8.86. The maximum Gasteiger partial charge on any atom is 0.405 e. The Morgan fingerprint density at radius 1 is 1.16 bits per heavy atom.